The Morgan fingerprint density at radius 3 is 2.50 bits per heavy atom. The molecule has 1 fully saturated rings. The summed E-state index contributed by atoms with van der Waals surface area (Å²) in [7, 11) is 0. The fraction of sp³-hybridized carbons (Fsp3) is 0.391. The van der Waals surface area contributed by atoms with Crippen molar-refractivity contribution in [3.05, 3.63) is 71.0 Å². The summed E-state index contributed by atoms with van der Waals surface area (Å²) in [5.74, 6) is -1.60. The van der Waals surface area contributed by atoms with E-state index in [1.807, 2.05) is 0 Å². The molecule has 4 nitrogen and oxygen atoms in total. The van der Waals surface area contributed by atoms with Crippen molar-refractivity contribution in [2.75, 3.05) is 0 Å². The third kappa shape index (κ3) is 2.81. The average Bonchev–Trinajstić information content (AvgIpc) is 2.71. The first-order chi connectivity index (χ1) is 13.4. The van der Waals surface area contributed by atoms with Crippen molar-refractivity contribution >= 4 is 11.9 Å². The molecule has 0 aromatic heterocycles. The summed E-state index contributed by atoms with van der Waals surface area (Å²) >= 11 is 0. The number of nitrogens with zero attached hydrogens (tertiary/aromatic N) is 1. The molecule has 2 aromatic carbocycles. The number of carbonyl (C=O) groups is 2. The van der Waals surface area contributed by atoms with Crippen LogP contribution in [0.1, 0.15) is 66.6 Å². The van der Waals surface area contributed by atoms with Gasteiger partial charge in [-0.2, -0.15) is 0 Å². The minimum atomic E-state index is -1.37. The van der Waals surface area contributed by atoms with Gasteiger partial charge in [0.15, 0.2) is 0 Å². The number of carboxylic acid groups (broad SMARTS) is 1. The van der Waals surface area contributed by atoms with E-state index in [-0.39, 0.29) is 11.9 Å². The van der Waals surface area contributed by atoms with Crippen LogP contribution in [0, 0.1) is 5.82 Å². The van der Waals surface area contributed by atoms with E-state index in [0.717, 1.165) is 32.1 Å². The fourth-order valence-corrected chi connectivity index (χ4v) is 4.94. The maximum Gasteiger partial charge on any atom is 0.316 e. The van der Waals surface area contributed by atoms with Gasteiger partial charge in [0.05, 0.1) is 6.04 Å². The Kier molecular flexibility index (Phi) is 4.69. The Labute approximate surface area is 164 Å². The summed E-state index contributed by atoms with van der Waals surface area (Å²) in [6.07, 6.45) is 4.83. The third-order valence-corrected chi connectivity index (χ3v) is 6.35. The van der Waals surface area contributed by atoms with Crippen molar-refractivity contribution in [2.24, 2.45) is 0 Å². The molecule has 2 atom stereocenters. The molecule has 28 heavy (non-hydrogen) atoms. The molecule has 1 saturated carbocycles. The van der Waals surface area contributed by atoms with E-state index in [9.17, 15) is 19.1 Å². The Morgan fingerprint density at radius 1 is 1.11 bits per heavy atom. The highest BCUT2D eigenvalue weighted by Crippen LogP contribution is 2.49. The van der Waals surface area contributed by atoms with Crippen LogP contribution < -0.4 is 0 Å². The molecular formula is C23H24FNO3. The quantitative estimate of drug-likeness (QED) is 0.839. The van der Waals surface area contributed by atoms with Gasteiger partial charge >= 0.3 is 5.97 Å². The van der Waals surface area contributed by atoms with E-state index in [4.69, 9.17) is 0 Å². The molecule has 1 aliphatic carbocycles. The zero-order valence-corrected chi connectivity index (χ0v) is 15.9. The Bertz CT molecular complexity index is 922. The van der Waals surface area contributed by atoms with Crippen molar-refractivity contribution in [1.82, 2.24) is 4.90 Å². The second kappa shape index (κ2) is 7.04. The van der Waals surface area contributed by atoms with E-state index in [1.165, 1.54) is 12.1 Å². The summed E-state index contributed by atoms with van der Waals surface area (Å²) in [4.78, 5) is 27.9. The lowest BCUT2D eigenvalue weighted by Crippen LogP contribution is -2.57. The summed E-state index contributed by atoms with van der Waals surface area (Å²) in [6.45, 7) is 1.66. The van der Waals surface area contributed by atoms with Gasteiger partial charge in [0.1, 0.15) is 11.2 Å². The Hall–Kier alpha value is -2.69. The van der Waals surface area contributed by atoms with Gasteiger partial charge in [0, 0.05) is 11.6 Å². The van der Waals surface area contributed by atoms with Gasteiger partial charge in [-0.15, -0.1) is 0 Å². The predicted octanol–water partition coefficient (Wildman–Crippen LogP) is 4.70. The molecule has 1 N–H and O–H groups in total. The van der Waals surface area contributed by atoms with Crippen LogP contribution in [0.5, 0.6) is 0 Å². The maximum atomic E-state index is 14.1. The van der Waals surface area contributed by atoms with Crippen LogP contribution in [0.2, 0.25) is 0 Å². The Balaban J connectivity index is 1.97. The molecule has 0 unspecified atom stereocenters. The van der Waals surface area contributed by atoms with Crippen LogP contribution in [0.15, 0.2) is 48.5 Å². The summed E-state index contributed by atoms with van der Waals surface area (Å²) in [5, 5.41) is 10.3. The molecule has 5 heteroatoms. The maximum absolute atomic E-state index is 14.1. The number of aliphatic carboxylic acids is 1. The molecule has 0 saturated heterocycles. The largest absolute Gasteiger partial charge is 0.481 e. The first kappa shape index (κ1) is 18.7. The number of fused-ring (bicyclic) bond motifs is 1. The van der Waals surface area contributed by atoms with Crippen molar-refractivity contribution < 1.29 is 19.1 Å². The molecule has 2 aliphatic rings. The standard InChI is InChI=1S/C23H24FNO3/c1-23(22(27)28)19-13-6-5-12-18(19)21(26)25(17-10-3-2-4-11-17)20(23)15-8-7-9-16(24)14-15/h5-9,12-14,17,20H,2-4,10-11H2,1H3,(H,27,28)/t20-,23-/m1/s1. The number of rotatable bonds is 3. The van der Waals surface area contributed by atoms with Gasteiger partial charge < -0.3 is 10.0 Å². The number of carbonyl (C=O) groups excluding carboxylic acids is 1. The van der Waals surface area contributed by atoms with Gasteiger partial charge in [-0.05, 0) is 49.1 Å². The van der Waals surface area contributed by atoms with E-state index in [0.29, 0.717) is 16.7 Å². The van der Waals surface area contributed by atoms with Crippen LogP contribution in [-0.2, 0) is 10.2 Å². The number of benzene rings is 2. The van der Waals surface area contributed by atoms with Crippen LogP contribution in [-0.4, -0.2) is 27.9 Å². The molecule has 2 aromatic rings. The van der Waals surface area contributed by atoms with Gasteiger partial charge in [-0.1, -0.05) is 49.6 Å². The smallest absolute Gasteiger partial charge is 0.316 e. The fourth-order valence-electron chi connectivity index (χ4n) is 4.94. The zero-order chi connectivity index (χ0) is 19.9. The Morgan fingerprint density at radius 2 is 1.82 bits per heavy atom. The highest BCUT2D eigenvalue weighted by molar-refractivity contribution is 6.02. The van der Waals surface area contributed by atoms with Gasteiger partial charge in [0.2, 0.25) is 0 Å². The first-order valence-corrected chi connectivity index (χ1v) is 9.85. The molecule has 4 rings (SSSR count). The van der Waals surface area contributed by atoms with Gasteiger partial charge in [-0.25, -0.2) is 4.39 Å². The summed E-state index contributed by atoms with van der Waals surface area (Å²) in [5.41, 5.74) is 0.0909. The second-order valence-electron chi connectivity index (χ2n) is 8.01. The van der Waals surface area contributed by atoms with Crippen molar-refractivity contribution in [2.45, 2.75) is 56.5 Å². The monoisotopic (exact) mass is 381 g/mol. The molecular weight excluding hydrogens is 357 g/mol. The topological polar surface area (TPSA) is 57.6 Å². The van der Waals surface area contributed by atoms with Crippen molar-refractivity contribution in [3.8, 4) is 0 Å². The van der Waals surface area contributed by atoms with Gasteiger partial charge in [0.25, 0.3) is 5.91 Å². The molecule has 1 amide bonds. The molecule has 1 heterocycles. The highest BCUT2D eigenvalue weighted by atomic mass is 19.1. The number of hydrogen-bond donors (Lipinski definition) is 1. The molecule has 0 spiro atoms. The van der Waals surface area contributed by atoms with E-state index in [2.05, 4.69) is 0 Å². The van der Waals surface area contributed by atoms with Crippen molar-refractivity contribution in [1.29, 1.82) is 0 Å². The van der Waals surface area contributed by atoms with Crippen LogP contribution >= 0.6 is 0 Å². The third-order valence-electron chi connectivity index (χ3n) is 6.35. The van der Waals surface area contributed by atoms with Crippen molar-refractivity contribution in [3.63, 3.8) is 0 Å². The second-order valence-corrected chi connectivity index (χ2v) is 8.01. The number of hydrogen-bond acceptors (Lipinski definition) is 2. The number of carboxylic acids is 1. The van der Waals surface area contributed by atoms with Crippen LogP contribution in [0.25, 0.3) is 0 Å². The molecule has 146 valence electrons. The molecule has 0 radical (unpaired) electrons. The first-order valence-electron chi connectivity index (χ1n) is 9.85. The lowest BCUT2D eigenvalue weighted by Gasteiger charge is -2.50. The predicted molar refractivity (Wildman–Crippen MR) is 104 cm³/mol. The van der Waals surface area contributed by atoms with Crippen LogP contribution in [0.4, 0.5) is 4.39 Å². The van der Waals surface area contributed by atoms with Crippen LogP contribution in [0.3, 0.4) is 0 Å². The minimum Gasteiger partial charge on any atom is -0.481 e. The van der Waals surface area contributed by atoms with E-state index >= 15 is 0 Å². The number of halogens is 1. The minimum absolute atomic E-state index is 0.0402. The zero-order valence-electron chi connectivity index (χ0n) is 15.9. The molecule has 1 aliphatic heterocycles. The summed E-state index contributed by atoms with van der Waals surface area (Å²) in [6, 6.07) is 12.2. The highest BCUT2D eigenvalue weighted by Gasteiger charge is 2.55. The normalized spacial score (nSPS) is 25.4. The van der Waals surface area contributed by atoms with E-state index in [1.54, 1.807) is 48.2 Å². The SMILES string of the molecule is C[C@@]1(C(=O)O)c2ccccc2C(=O)N(C2CCCCC2)[C@@H]1c1cccc(F)c1. The number of amides is 1. The lowest BCUT2D eigenvalue weighted by atomic mass is 9.67. The van der Waals surface area contributed by atoms with E-state index < -0.39 is 23.2 Å². The summed E-state index contributed by atoms with van der Waals surface area (Å²) < 4.78 is 14.1. The molecule has 0 bridgehead atoms. The lowest BCUT2D eigenvalue weighted by molar-refractivity contribution is -0.146. The van der Waals surface area contributed by atoms with Gasteiger partial charge in [-0.3, -0.25) is 9.59 Å². The average molecular weight is 381 g/mol.